The summed E-state index contributed by atoms with van der Waals surface area (Å²) in [7, 11) is 0. The van der Waals surface area contributed by atoms with Crippen LogP contribution in [0, 0.1) is 0 Å². The largest absolute Gasteiger partial charge is 0.416 e. The molecule has 1 aromatic carbocycles. The quantitative estimate of drug-likeness (QED) is 0.910. The van der Waals surface area contributed by atoms with Gasteiger partial charge in [0.1, 0.15) is 6.10 Å². The third-order valence-electron chi connectivity index (χ3n) is 4.39. The minimum absolute atomic E-state index is 0.0688. The van der Waals surface area contributed by atoms with E-state index in [9.17, 15) is 23.4 Å². The van der Waals surface area contributed by atoms with Gasteiger partial charge in [-0.05, 0) is 48.6 Å². The SMILES string of the molecule is O[C@@H](c1ccccn1)C1(O)CC(c2ccc(C(F)(F)F)cc2)C1. The second-order valence-electron chi connectivity index (χ2n) is 5.99. The van der Waals surface area contributed by atoms with Crippen molar-refractivity contribution in [3.63, 3.8) is 0 Å². The van der Waals surface area contributed by atoms with Crippen LogP contribution in [0.15, 0.2) is 48.7 Å². The molecule has 1 aromatic heterocycles. The number of rotatable bonds is 3. The van der Waals surface area contributed by atoms with Crippen LogP contribution < -0.4 is 0 Å². The monoisotopic (exact) mass is 323 g/mol. The van der Waals surface area contributed by atoms with Gasteiger partial charge in [0.2, 0.25) is 0 Å². The molecule has 0 spiro atoms. The molecule has 3 nitrogen and oxygen atoms in total. The minimum atomic E-state index is -4.35. The van der Waals surface area contributed by atoms with Crippen LogP contribution >= 0.6 is 0 Å². The molecule has 2 aromatic rings. The Morgan fingerprint density at radius 2 is 1.74 bits per heavy atom. The highest BCUT2D eigenvalue weighted by molar-refractivity contribution is 5.31. The van der Waals surface area contributed by atoms with Gasteiger partial charge in [-0.2, -0.15) is 13.2 Å². The summed E-state index contributed by atoms with van der Waals surface area (Å²) < 4.78 is 37.7. The molecule has 3 rings (SSSR count). The van der Waals surface area contributed by atoms with Crippen LogP contribution in [0.5, 0.6) is 0 Å². The Kier molecular flexibility index (Phi) is 3.90. The molecule has 1 fully saturated rings. The highest BCUT2D eigenvalue weighted by Gasteiger charge is 2.49. The van der Waals surface area contributed by atoms with E-state index in [-0.39, 0.29) is 18.8 Å². The highest BCUT2D eigenvalue weighted by Crippen LogP contribution is 2.50. The Hall–Kier alpha value is -1.92. The fourth-order valence-corrected chi connectivity index (χ4v) is 3.01. The molecule has 1 heterocycles. The van der Waals surface area contributed by atoms with Crippen LogP contribution in [-0.4, -0.2) is 20.8 Å². The topological polar surface area (TPSA) is 53.4 Å². The zero-order valence-corrected chi connectivity index (χ0v) is 12.2. The first-order chi connectivity index (χ1) is 10.8. The zero-order chi connectivity index (χ0) is 16.7. The zero-order valence-electron chi connectivity index (χ0n) is 12.2. The molecule has 0 aliphatic heterocycles. The third kappa shape index (κ3) is 3.09. The lowest BCUT2D eigenvalue weighted by Gasteiger charge is -2.46. The van der Waals surface area contributed by atoms with E-state index in [2.05, 4.69) is 4.98 Å². The van der Waals surface area contributed by atoms with E-state index in [1.165, 1.54) is 18.3 Å². The van der Waals surface area contributed by atoms with Crippen LogP contribution in [0.1, 0.15) is 41.7 Å². The van der Waals surface area contributed by atoms with E-state index in [0.29, 0.717) is 5.69 Å². The summed E-state index contributed by atoms with van der Waals surface area (Å²) in [5.41, 5.74) is -0.858. The van der Waals surface area contributed by atoms with E-state index in [4.69, 9.17) is 0 Å². The highest BCUT2D eigenvalue weighted by atomic mass is 19.4. The number of nitrogens with zero attached hydrogens (tertiary/aromatic N) is 1. The van der Waals surface area contributed by atoms with Crippen LogP contribution in [0.25, 0.3) is 0 Å². The number of pyridine rings is 1. The molecule has 0 unspecified atom stereocenters. The average Bonchev–Trinajstić information content (AvgIpc) is 2.51. The number of hydrogen-bond acceptors (Lipinski definition) is 3. The summed E-state index contributed by atoms with van der Waals surface area (Å²) in [6.07, 6.45) is -3.34. The fraction of sp³-hybridized carbons (Fsp3) is 0.353. The smallest absolute Gasteiger partial charge is 0.387 e. The van der Waals surface area contributed by atoms with Crippen molar-refractivity contribution in [2.75, 3.05) is 0 Å². The molecule has 122 valence electrons. The second kappa shape index (κ2) is 5.62. The van der Waals surface area contributed by atoms with Gasteiger partial charge in [0.25, 0.3) is 0 Å². The van der Waals surface area contributed by atoms with Gasteiger partial charge >= 0.3 is 6.18 Å². The molecular weight excluding hydrogens is 307 g/mol. The van der Waals surface area contributed by atoms with Crippen molar-refractivity contribution in [3.8, 4) is 0 Å². The van der Waals surface area contributed by atoms with Crippen molar-refractivity contribution in [2.45, 2.75) is 36.6 Å². The summed E-state index contributed by atoms with van der Waals surface area (Å²) in [6, 6.07) is 10.0. The Bertz CT molecular complexity index is 664. The van der Waals surface area contributed by atoms with Crippen molar-refractivity contribution < 1.29 is 23.4 Å². The number of aromatic nitrogens is 1. The van der Waals surface area contributed by atoms with E-state index in [0.717, 1.165) is 17.7 Å². The average molecular weight is 323 g/mol. The predicted octanol–water partition coefficient (Wildman–Crippen LogP) is 3.44. The van der Waals surface area contributed by atoms with E-state index < -0.39 is 23.4 Å². The van der Waals surface area contributed by atoms with Crippen molar-refractivity contribution >= 4 is 0 Å². The molecular formula is C17H16F3NO2. The van der Waals surface area contributed by atoms with Crippen LogP contribution in [0.3, 0.4) is 0 Å². The first-order valence-corrected chi connectivity index (χ1v) is 7.28. The van der Waals surface area contributed by atoms with Crippen LogP contribution in [-0.2, 0) is 6.18 Å². The van der Waals surface area contributed by atoms with Crippen molar-refractivity contribution in [1.29, 1.82) is 0 Å². The second-order valence-corrected chi connectivity index (χ2v) is 5.99. The van der Waals surface area contributed by atoms with Crippen molar-refractivity contribution in [2.24, 2.45) is 0 Å². The summed E-state index contributed by atoms with van der Waals surface area (Å²) in [4.78, 5) is 4.03. The maximum absolute atomic E-state index is 12.6. The molecule has 1 aliphatic carbocycles. The number of halogens is 3. The molecule has 6 heteroatoms. The Morgan fingerprint density at radius 1 is 1.09 bits per heavy atom. The van der Waals surface area contributed by atoms with Crippen molar-refractivity contribution in [3.05, 3.63) is 65.5 Å². The molecule has 1 saturated carbocycles. The van der Waals surface area contributed by atoms with Gasteiger partial charge in [-0.15, -0.1) is 0 Å². The maximum atomic E-state index is 12.6. The molecule has 0 radical (unpaired) electrons. The van der Waals surface area contributed by atoms with Gasteiger partial charge in [0, 0.05) is 6.20 Å². The molecule has 2 N–H and O–H groups in total. The maximum Gasteiger partial charge on any atom is 0.416 e. The fourth-order valence-electron chi connectivity index (χ4n) is 3.01. The van der Waals surface area contributed by atoms with E-state index in [1.807, 2.05) is 0 Å². The number of aliphatic hydroxyl groups is 2. The van der Waals surface area contributed by atoms with E-state index in [1.54, 1.807) is 18.2 Å². The van der Waals surface area contributed by atoms with Gasteiger partial charge in [0.05, 0.1) is 16.9 Å². The molecule has 0 amide bonds. The number of alkyl halides is 3. The Labute approximate surface area is 131 Å². The summed E-state index contributed by atoms with van der Waals surface area (Å²) in [5.74, 6) is -0.0688. The van der Waals surface area contributed by atoms with Gasteiger partial charge in [-0.25, -0.2) is 0 Å². The lowest BCUT2D eigenvalue weighted by atomic mass is 9.65. The summed E-state index contributed by atoms with van der Waals surface area (Å²) >= 11 is 0. The first kappa shape index (κ1) is 16.0. The lowest BCUT2D eigenvalue weighted by molar-refractivity contribution is -0.140. The Balaban J connectivity index is 1.68. The number of aliphatic hydroxyl groups excluding tert-OH is 1. The first-order valence-electron chi connectivity index (χ1n) is 7.28. The van der Waals surface area contributed by atoms with Gasteiger partial charge < -0.3 is 10.2 Å². The molecule has 0 saturated heterocycles. The normalized spacial score (nSPS) is 25.7. The number of hydrogen-bond donors (Lipinski definition) is 2. The molecule has 0 bridgehead atoms. The Morgan fingerprint density at radius 3 is 2.26 bits per heavy atom. The van der Waals surface area contributed by atoms with Crippen LogP contribution in [0.2, 0.25) is 0 Å². The van der Waals surface area contributed by atoms with Gasteiger partial charge in [-0.1, -0.05) is 18.2 Å². The molecule has 1 aliphatic rings. The number of benzene rings is 1. The van der Waals surface area contributed by atoms with Gasteiger partial charge in [0.15, 0.2) is 0 Å². The van der Waals surface area contributed by atoms with Gasteiger partial charge in [-0.3, -0.25) is 4.98 Å². The molecule has 1 atom stereocenters. The summed E-state index contributed by atoms with van der Waals surface area (Å²) in [6.45, 7) is 0. The predicted molar refractivity (Wildman–Crippen MR) is 77.6 cm³/mol. The minimum Gasteiger partial charge on any atom is -0.387 e. The molecule has 23 heavy (non-hydrogen) atoms. The third-order valence-corrected chi connectivity index (χ3v) is 4.39. The lowest BCUT2D eigenvalue weighted by Crippen LogP contribution is -2.47. The standard InChI is InChI=1S/C17H16F3NO2/c18-17(19,20)13-6-4-11(5-7-13)12-9-16(23,10-12)15(22)14-3-1-2-8-21-14/h1-8,12,15,22-23H,9-10H2/t12?,15-,16?/m0/s1. The van der Waals surface area contributed by atoms with Crippen molar-refractivity contribution in [1.82, 2.24) is 4.98 Å². The summed E-state index contributed by atoms with van der Waals surface area (Å²) in [5, 5.41) is 20.7. The van der Waals surface area contributed by atoms with E-state index >= 15 is 0 Å². The van der Waals surface area contributed by atoms with Crippen LogP contribution in [0.4, 0.5) is 13.2 Å².